The Hall–Kier alpha value is 0.870. The van der Waals surface area contributed by atoms with E-state index < -0.39 is 0 Å². The summed E-state index contributed by atoms with van der Waals surface area (Å²) < 4.78 is 0. The first-order valence-corrected chi connectivity index (χ1v) is 7.34. The van der Waals surface area contributed by atoms with Crippen LogP contribution in [-0.4, -0.2) is 11.4 Å². The summed E-state index contributed by atoms with van der Waals surface area (Å²) in [5.41, 5.74) is 0. The fraction of sp³-hybridized carbons (Fsp3) is 1.00. The van der Waals surface area contributed by atoms with Crippen molar-refractivity contribution in [2.24, 2.45) is 0 Å². The molecule has 3 heteroatoms. The van der Waals surface area contributed by atoms with Gasteiger partial charge in [-0.1, -0.05) is 6.92 Å². The summed E-state index contributed by atoms with van der Waals surface area (Å²) in [6.45, 7) is 6.64. The zero-order chi connectivity index (χ0) is 7.28. The van der Waals surface area contributed by atoms with E-state index in [1.54, 1.807) is 0 Å². The molecule has 0 N–H and O–H groups in total. The molecule has 0 heterocycles. The molecule has 0 nitrogen and oxygen atoms in total. The Morgan fingerprint density at radius 3 is 2.44 bits per heavy atom. The van der Waals surface area contributed by atoms with Gasteiger partial charge in [-0.3, -0.25) is 0 Å². The number of hydrogen-bond donors (Lipinski definition) is 0. The van der Waals surface area contributed by atoms with Gasteiger partial charge in [-0.25, -0.2) is 0 Å². The van der Waals surface area contributed by atoms with Crippen LogP contribution in [0.5, 0.6) is 0 Å². The summed E-state index contributed by atoms with van der Waals surface area (Å²) in [5, 5.41) is 0.772. The highest BCUT2D eigenvalue weighted by Gasteiger charge is 2.12. The summed E-state index contributed by atoms with van der Waals surface area (Å²) in [6.07, 6.45) is 2.43. The van der Waals surface area contributed by atoms with Gasteiger partial charge in [0.05, 0.1) is 11.4 Å². The molecular formula is C6H14PS2+. The van der Waals surface area contributed by atoms with Gasteiger partial charge in [0.15, 0.2) is 11.8 Å². The van der Waals surface area contributed by atoms with Gasteiger partial charge < -0.3 is 0 Å². The molecular weight excluding hydrogens is 167 g/mol. The van der Waals surface area contributed by atoms with Gasteiger partial charge in [-0.15, -0.1) is 0 Å². The molecule has 2 atom stereocenters. The van der Waals surface area contributed by atoms with Crippen LogP contribution in [0.15, 0.2) is 0 Å². The normalized spacial score (nSPS) is 15.2. The lowest BCUT2D eigenvalue weighted by molar-refractivity contribution is 0.912. The Morgan fingerprint density at radius 1 is 1.56 bits per heavy atom. The molecule has 0 fully saturated rings. The summed E-state index contributed by atoms with van der Waals surface area (Å²) in [6, 6.07) is 0. The van der Waals surface area contributed by atoms with Crippen LogP contribution in [0.25, 0.3) is 0 Å². The molecule has 9 heavy (non-hydrogen) atoms. The summed E-state index contributed by atoms with van der Waals surface area (Å²) >= 11 is 7.19. The van der Waals surface area contributed by atoms with Crippen molar-refractivity contribution < 1.29 is 0 Å². The first-order chi connectivity index (χ1) is 4.20. The van der Waals surface area contributed by atoms with Crippen molar-refractivity contribution in [1.82, 2.24) is 0 Å². The monoisotopic (exact) mass is 181 g/mol. The maximum atomic E-state index is 5.21. The Labute approximate surface area is 68.0 Å². The molecule has 0 saturated heterocycles. The second kappa shape index (κ2) is 5.64. The van der Waals surface area contributed by atoms with Crippen molar-refractivity contribution in [1.29, 1.82) is 0 Å². The Kier molecular flexibility index (Phi) is 6.18. The highest BCUT2D eigenvalue weighted by molar-refractivity contribution is 8.64. The van der Waals surface area contributed by atoms with E-state index in [1.807, 2.05) is 11.4 Å². The predicted molar refractivity (Wildman–Crippen MR) is 52.2 cm³/mol. The summed E-state index contributed by atoms with van der Waals surface area (Å²) in [4.78, 5) is 0. The smallest absolute Gasteiger partial charge is 0.0642 e. The Balaban J connectivity index is 3.34. The molecule has 0 radical (unpaired) electrons. The third-order valence-corrected chi connectivity index (χ3v) is 6.68. The van der Waals surface area contributed by atoms with Crippen LogP contribution in [0, 0.1) is 0 Å². The highest BCUT2D eigenvalue weighted by atomic mass is 32.9. The zero-order valence-electron chi connectivity index (χ0n) is 6.26. The van der Waals surface area contributed by atoms with Gasteiger partial charge in [-0.05, 0) is 20.3 Å². The highest BCUT2D eigenvalue weighted by Crippen LogP contribution is 2.41. The lowest BCUT2D eigenvalue weighted by Crippen LogP contribution is -1.88. The lowest BCUT2D eigenvalue weighted by Gasteiger charge is -1.96. The van der Waals surface area contributed by atoms with Crippen LogP contribution in [-0.2, 0) is 11.8 Å². The molecule has 54 valence electrons. The fourth-order valence-corrected chi connectivity index (χ4v) is 4.47. The molecule has 0 bridgehead atoms. The molecule has 0 saturated carbocycles. The van der Waals surface area contributed by atoms with Crippen LogP contribution in [0.2, 0.25) is 0 Å². The molecule has 0 aromatic carbocycles. The van der Waals surface area contributed by atoms with Crippen molar-refractivity contribution >= 4 is 29.1 Å². The summed E-state index contributed by atoms with van der Waals surface area (Å²) in [5.74, 6) is -0.124. The zero-order valence-corrected chi connectivity index (χ0v) is 8.78. The minimum absolute atomic E-state index is 0.124. The van der Waals surface area contributed by atoms with Crippen molar-refractivity contribution in [3.63, 3.8) is 0 Å². The standard InChI is InChI=1S/C6H14PS2/c1-4-6(3)9-7(8)5-2/h6H,4-5H2,1-3H3/q+1. The SMILES string of the molecule is CCC(C)S[P+](=S)CC. The van der Waals surface area contributed by atoms with E-state index in [-0.39, 0.29) is 5.90 Å². The van der Waals surface area contributed by atoms with E-state index >= 15 is 0 Å². The van der Waals surface area contributed by atoms with Crippen LogP contribution in [0.1, 0.15) is 27.2 Å². The van der Waals surface area contributed by atoms with Gasteiger partial charge in [0.1, 0.15) is 6.16 Å². The topological polar surface area (TPSA) is 0 Å². The van der Waals surface area contributed by atoms with Crippen LogP contribution in [0.3, 0.4) is 0 Å². The predicted octanol–water partition coefficient (Wildman–Crippen LogP) is 3.40. The maximum absolute atomic E-state index is 5.21. The molecule has 0 amide bonds. The van der Waals surface area contributed by atoms with E-state index in [0.29, 0.717) is 0 Å². The third-order valence-electron chi connectivity index (χ3n) is 1.13. The van der Waals surface area contributed by atoms with Crippen molar-refractivity contribution in [2.45, 2.75) is 32.4 Å². The van der Waals surface area contributed by atoms with Gasteiger partial charge in [-0.2, -0.15) is 0 Å². The Morgan fingerprint density at radius 2 is 2.11 bits per heavy atom. The van der Waals surface area contributed by atoms with Gasteiger partial charge in [0.2, 0.25) is 5.90 Å². The summed E-state index contributed by atoms with van der Waals surface area (Å²) in [7, 11) is 0. The Bertz CT molecular complexity index is 93.1. The molecule has 0 aliphatic rings. The number of hydrogen-bond acceptors (Lipinski definition) is 2. The van der Waals surface area contributed by atoms with Crippen LogP contribution in [0.4, 0.5) is 0 Å². The van der Waals surface area contributed by atoms with Crippen molar-refractivity contribution in [3.05, 3.63) is 0 Å². The maximum Gasteiger partial charge on any atom is 0.245 e. The average molecular weight is 181 g/mol. The van der Waals surface area contributed by atoms with Crippen molar-refractivity contribution in [3.8, 4) is 0 Å². The van der Waals surface area contributed by atoms with Gasteiger partial charge >= 0.3 is 0 Å². The molecule has 2 unspecified atom stereocenters. The van der Waals surface area contributed by atoms with E-state index in [4.69, 9.17) is 11.8 Å². The van der Waals surface area contributed by atoms with E-state index in [0.717, 1.165) is 5.25 Å². The quantitative estimate of drug-likeness (QED) is 0.610. The van der Waals surface area contributed by atoms with Crippen LogP contribution < -0.4 is 0 Å². The van der Waals surface area contributed by atoms with Gasteiger partial charge in [0.25, 0.3) is 0 Å². The van der Waals surface area contributed by atoms with E-state index in [1.165, 1.54) is 12.6 Å². The lowest BCUT2D eigenvalue weighted by atomic mass is 10.4. The second-order valence-corrected chi connectivity index (χ2v) is 8.26. The molecule has 0 aliphatic carbocycles. The van der Waals surface area contributed by atoms with Crippen molar-refractivity contribution in [2.75, 3.05) is 6.16 Å². The first-order valence-electron chi connectivity index (χ1n) is 3.32. The van der Waals surface area contributed by atoms with E-state index in [9.17, 15) is 0 Å². The molecule has 0 aliphatic heterocycles. The van der Waals surface area contributed by atoms with Gasteiger partial charge in [0, 0.05) is 5.25 Å². The first kappa shape index (κ1) is 9.87. The van der Waals surface area contributed by atoms with E-state index in [2.05, 4.69) is 20.8 Å². The average Bonchev–Trinajstić information content (AvgIpc) is 1.87. The molecule has 0 aromatic rings. The molecule has 0 rings (SSSR count). The largest absolute Gasteiger partial charge is 0.245 e. The van der Waals surface area contributed by atoms with Crippen LogP contribution >= 0.6 is 17.3 Å². The number of rotatable bonds is 4. The second-order valence-electron chi connectivity index (χ2n) is 1.97. The minimum atomic E-state index is -0.124. The minimum Gasteiger partial charge on any atom is -0.0642 e. The third kappa shape index (κ3) is 5.32. The fourth-order valence-electron chi connectivity index (χ4n) is 0.350. The molecule has 0 spiro atoms. The molecule has 0 aromatic heterocycles.